The summed E-state index contributed by atoms with van der Waals surface area (Å²) < 4.78 is 4.94. The van der Waals surface area contributed by atoms with E-state index in [9.17, 15) is 9.59 Å². The summed E-state index contributed by atoms with van der Waals surface area (Å²) in [6, 6.07) is 9.81. The van der Waals surface area contributed by atoms with Gasteiger partial charge in [-0.1, -0.05) is 25.1 Å². The van der Waals surface area contributed by atoms with E-state index in [0.29, 0.717) is 10.8 Å². The first kappa shape index (κ1) is 18.7. The molecule has 5 heteroatoms. The minimum atomic E-state index is -0.362. The van der Waals surface area contributed by atoms with Crippen LogP contribution >= 0.6 is 22.9 Å². The van der Waals surface area contributed by atoms with E-state index in [0.717, 1.165) is 21.6 Å². The van der Waals surface area contributed by atoms with Gasteiger partial charge in [0.15, 0.2) is 5.78 Å². The van der Waals surface area contributed by atoms with Crippen molar-refractivity contribution in [3.8, 4) is 0 Å². The maximum absolute atomic E-state index is 12.2. The average molecular weight is 365 g/mol. The van der Waals surface area contributed by atoms with Crippen molar-refractivity contribution in [2.75, 3.05) is 7.11 Å². The van der Waals surface area contributed by atoms with Gasteiger partial charge < -0.3 is 4.74 Å². The van der Waals surface area contributed by atoms with Crippen molar-refractivity contribution < 1.29 is 14.3 Å². The van der Waals surface area contributed by atoms with Crippen LogP contribution in [0.5, 0.6) is 0 Å². The molecule has 0 aliphatic rings. The number of hydrogen-bond acceptors (Lipinski definition) is 4. The van der Waals surface area contributed by atoms with E-state index in [1.165, 1.54) is 18.4 Å². The van der Waals surface area contributed by atoms with Crippen molar-refractivity contribution in [2.24, 2.45) is 5.92 Å². The van der Waals surface area contributed by atoms with Crippen molar-refractivity contribution in [1.82, 2.24) is 0 Å². The summed E-state index contributed by atoms with van der Waals surface area (Å²) in [6.07, 6.45) is 0. The fourth-order valence-corrected chi connectivity index (χ4v) is 4.18. The molecule has 0 aliphatic heterocycles. The van der Waals surface area contributed by atoms with E-state index >= 15 is 0 Å². The van der Waals surface area contributed by atoms with Crippen LogP contribution in [0.2, 0.25) is 0 Å². The Hall–Kier alpha value is -1.65. The zero-order valence-corrected chi connectivity index (χ0v) is 15.8. The number of rotatable bonds is 6. The van der Waals surface area contributed by atoms with Crippen molar-refractivity contribution in [3.63, 3.8) is 0 Å². The second kappa shape index (κ2) is 7.95. The fraction of sp³-hybridized carbons (Fsp3) is 0.368. The van der Waals surface area contributed by atoms with Crippen LogP contribution < -0.4 is 0 Å². The molecular weight excluding hydrogens is 344 g/mol. The lowest BCUT2D eigenvalue weighted by Crippen LogP contribution is -2.21. The molecule has 0 amide bonds. The second-order valence-corrected chi connectivity index (χ2v) is 7.25. The summed E-state index contributed by atoms with van der Waals surface area (Å²) in [5, 5.41) is 0. The Balaban J connectivity index is 2.53. The molecule has 0 fully saturated rings. The van der Waals surface area contributed by atoms with Crippen LogP contribution in [-0.4, -0.2) is 18.9 Å². The standard InChI is InChI=1S/C19H21ClO3S/c1-11-5-6-14(9-15(11)10-20)18(12(2)19(22)23-4)17-8-7-16(24-17)13(3)21/h5-9,12,18H,10H2,1-4H3/t12-,18+/m0/s1. The summed E-state index contributed by atoms with van der Waals surface area (Å²) in [5.41, 5.74) is 3.17. The number of carbonyl (C=O) groups excluding carboxylic acids is 2. The lowest BCUT2D eigenvalue weighted by molar-refractivity contribution is -0.145. The molecule has 3 nitrogen and oxygen atoms in total. The normalized spacial score (nSPS) is 13.4. The van der Waals surface area contributed by atoms with Crippen molar-refractivity contribution in [1.29, 1.82) is 0 Å². The number of benzene rings is 1. The van der Waals surface area contributed by atoms with Gasteiger partial charge in [0.2, 0.25) is 0 Å². The molecule has 0 bridgehead atoms. The highest BCUT2D eigenvalue weighted by Gasteiger charge is 2.29. The van der Waals surface area contributed by atoms with Crippen LogP contribution in [0.15, 0.2) is 30.3 Å². The fourth-order valence-electron chi connectivity index (χ4n) is 2.76. The Kier molecular flexibility index (Phi) is 6.19. The van der Waals surface area contributed by atoms with Gasteiger partial charge >= 0.3 is 5.97 Å². The number of Topliss-reactive ketones (excluding diaryl/α,β-unsaturated/α-hetero) is 1. The Morgan fingerprint density at radius 2 is 1.96 bits per heavy atom. The molecule has 1 aromatic carbocycles. The number of ether oxygens (including phenoxy) is 1. The van der Waals surface area contributed by atoms with E-state index < -0.39 is 0 Å². The first-order valence-electron chi connectivity index (χ1n) is 7.73. The summed E-state index contributed by atoms with van der Waals surface area (Å²) >= 11 is 7.46. The summed E-state index contributed by atoms with van der Waals surface area (Å²) in [6.45, 7) is 5.41. The van der Waals surface area contributed by atoms with Gasteiger partial charge in [0, 0.05) is 16.7 Å². The van der Waals surface area contributed by atoms with Gasteiger partial charge in [-0.25, -0.2) is 0 Å². The second-order valence-electron chi connectivity index (χ2n) is 5.87. The van der Waals surface area contributed by atoms with Crippen LogP contribution in [0.3, 0.4) is 0 Å². The third kappa shape index (κ3) is 3.87. The summed E-state index contributed by atoms with van der Waals surface area (Å²) in [7, 11) is 1.39. The van der Waals surface area contributed by atoms with Gasteiger partial charge in [0.25, 0.3) is 0 Å². The highest BCUT2D eigenvalue weighted by atomic mass is 35.5. The molecule has 0 aliphatic carbocycles. The minimum Gasteiger partial charge on any atom is -0.469 e. The maximum Gasteiger partial charge on any atom is 0.309 e. The smallest absolute Gasteiger partial charge is 0.309 e. The molecule has 0 saturated carbocycles. The largest absolute Gasteiger partial charge is 0.469 e. The molecule has 24 heavy (non-hydrogen) atoms. The SMILES string of the molecule is COC(=O)[C@@H](C)[C@H](c1ccc(C)c(CCl)c1)c1ccc(C(C)=O)s1. The zero-order chi connectivity index (χ0) is 17.9. The van der Waals surface area contributed by atoms with E-state index in [-0.39, 0.29) is 23.6 Å². The van der Waals surface area contributed by atoms with Crippen molar-refractivity contribution in [2.45, 2.75) is 32.6 Å². The van der Waals surface area contributed by atoms with Crippen LogP contribution in [-0.2, 0) is 15.4 Å². The number of methoxy groups -OCH3 is 1. The van der Waals surface area contributed by atoms with E-state index in [2.05, 4.69) is 0 Å². The number of hydrogen-bond donors (Lipinski definition) is 0. The van der Waals surface area contributed by atoms with E-state index in [1.807, 2.05) is 44.2 Å². The van der Waals surface area contributed by atoms with Crippen LogP contribution in [0.25, 0.3) is 0 Å². The Morgan fingerprint density at radius 1 is 1.25 bits per heavy atom. The number of aryl methyl sites for hydroxylation is 1. The predicted molar refractivity (Wildman–Crippen MR) is 98.1 cm³/mol. The van der Waals surface area contributed by atoms with Gasteiger partial charge in [0.1, 0.15) is 0 Å². The number of thiophene rings is 1. The molecule has 1 aromatic heterocycles. The lowest BCUT2D eigenvalue weighted by Gasteiger charge is -2.22. The predicted octanol–water partition coefficient (Wildman–Crippen LogP) is 4.94. The third-order valence-corrected chi connectivity index (χ3v) is 5.79. The minimum absolute atomic E-state index is 0.0288. The molecule has 2 atom stereocenters. The van der Waals surface area contributed by atoms with Crippen molar-refractivity contribution >= 4 is 34.7 Å². The van der Waals surface area contributed by atoms with Crippen LogP contribution in [0.1, 0.15) is 51.0 Å². The quantitative estimate of drug-likeness (QED) is 0.414. The molecular formula is C19H21ClO3S. The molecule has 128 valence electrons. The van der Waals surface area contributed by atoms with Crippen LogP contribution in [0, 0.1) is 12.8 Å². The Bertz CT molecular complexity index is 751. The molecule has 0 unspecified atom stereocenters. The number of ketones is 1. The lowest BCUT2D eigenvalue weighted by atomic mass is 9.84. The van der Waals surface area contributed by atoms with Gasteiger partial charge in [-0.15, -0.1) is 22.9 Å². The topological polar surface area (TPSA) is 43.4 Å². The maximum atomic E-state index is 12.2. The molecule has 0 radical (unpaired) electrons. The van der Waals surface area contributed by atoms with E-state index in [4.69, 9.17) is 16.3 Å². The molecule has 2 aromatic rings. The Labute approximate surface area is 151 Å². The summed E-state index contributed by atoms with van der Waals surface area (Å²) in [5.74, 6) is -0.355. The number of alkyl halides is 1. The third-order valence-electron chi connectivity index (χ3n) is 4.23. The number of carbonyl (C=O) groups is 2. The average Bonchev–Trinajstić information content (AvgIpc) is 3.05. The monoisotopic (exact) mass is 364 g/mol. The number of esters is 1. The number of halogens is 1. The van der Waals surface area contributed by atoms with Gasteiger partial charge in [-0.2, -0.15) is 0 Å². The van der Waals surface area contributed by atoms with Gasteiger partial charge in [-0.3, -0.25) is 9.59 Å². The molecule has 1 heterocycles. The highest BCUT2D eigenvalue weighted by molar-refractivity contribution is 7.14. The molecule has 0 spiro atoms. The molecule has 0 N–H and O–H groups in total. The van der Waals surface area contributed by atoms with Gasteiger partial charge in [-0.05, 0) is 42.7 Å². The van der Waals surface area contributed by atoms with E-state index in [1.54, 1.807) is 6.92 Å². The highest BCUT2D eigenvalue weighted by Crippen LogP contribution is 2.37. The van der Waals surface area contributed by atoms with Crippen LogP contribution in [0.4, 0.5) is 0 Å². The molecule has 2 rings (SSSR count). The van der Waals surface area contributed by atoms with Crippen molar-refractivity contribution in [3.05, 3.63) is 56.8 Å². The first-order valence-corrected chi connectivity index (χ1v) is 9.08. The summed E-state index contributed by atoms with van der Waals surface area (Å²) in [4.78, 5) is 25.4. The molecule has 0 saturated heterocycles. The Morgan fingerprint density at radius 3 is 2.50 bits per heavy atom. The first-order chi connectivity index (χ1) is 11.4. The van der Waals surface area contributed by atoms with Gasteiger partial charge in [0.05, 0.1) is 17.9 Å². The zero-order valence-electron chi connectivity index (χ0n) is 14.3.